The number of nitrogens with one attached hydrogen (secondary N) is 1. The molecule has 0 aromatic carbocycles. The summed E-state index contributed by atoms with van der Waals surface area (Å²) in [7, 11) is 0. The molecule has 1 aromatic rings. The molecule has 2 saturated carbocycles. The maximum absolute atomic E-state index is 5.04. The summed E-state index contributed by atoms with van der Waals surface area (Å²) in [6.07, 6.45) is 10.9. The highest BCUT2D eigenvalue weighted by molar-refractivity contribution is 5.25. The Hall–Kier alpha value is -0.830. The first-order chi connectivity index (χ1) is 9.86. The van der Waals surface area contributed by atoms with Crippen LogP contribution in [0.1, 0.15) is 81.0 Å². The third kappa shape index (κ3) is 2.20. The minimum Gasteiger partial charge on any atom is -0.328 e. The van der Waals surface area contributed by atoms with Crippen LogP contribution < -0.4 is 5.32 Å². The number of imidazole rings is 1. The second-order valence-corrected chi connectivity index (χ2v) is 7.03. The summed E-state index contributed by atoms with van der Waals surface area (Å²) in [5.41, 5.74) is 2.93. The fraction of sp³-hybridized carbons (Fsp3) is 0.824. The summed E-state index contributed by atoms with van der Waals surface area (Å²) >= 11 is 0. The van der Waals surface area contributed by atoms with Gasteiger partial charge in [-0.15, -0.1) is 0 Å². The minimum absolute atomic E-state index is 0.749. The molecule has 110 valence electrons. The van der Waals surface area contributed by atoms with Crippen LogP contribution in [0, 0.1) is 5.92 Å². The van der Waals surface area contributed by atoms with Gasteiger partial charge in [-0.25, -0.2) is 4.98 Å². The fourth-order valence-corrected chi connectivity index (χ4v) is 4.26. The van der Waals surface area contributed by atoms with Crippen LogP contribution in [0.25, 0.3) is 0 Å². The first kappa shape index (κ1) is 12.9. The molecule has 0 bridgehead atoms. The van der Waals surface area contributed by atoms with Gasteiger partial charge in [0.05, 0.1) is 5.69 Å². The molecule has 1 aromatic heterocycles. The molecule has 1 aliphatic heterocycles. The van der Waals surface area contributed by atoms with Gasteiger partial charge in [0.1, 0.15) is 5.82 Å². The molecular formula is C17H27N3. The van der Waals surface area contributed by atoms with Gasteiger partial charge in [-0.1, -0.05) is 26.2 Å². The van der Waals surface area contributed by atoms with E-state index in [9.17, 15) is 0 Å². The van der Waals surface area contributed by atoms with Gasteiger partial charge in [-0.3, -0.25) is 0 Å². The van der Waals surface area contributed by atoms with Crippen molar-refractivity contribution < 1.29 is 0 Å². The van der Waals surface area contributed by atoms with Gasteiger partial charge in [-0.2, -0.15) is 0 Å². The Labute approximate surface area is 122 Å². The van der Waals surface area contributed by atoms with Crippen LogP contribution in [0.4, 0.5) is 0 Å². The largest absolute Gasteiger partial charge is 0.328 e. The summed E-state index contributed by atoms with van der Waals surface area (Å²) in [5.74, 6) is 3.17. The van der Waals surface area contributed by atoms with Crippen molar-refractivity contribution in [2.45, 2.75) is 76.8 Å². The van der Waals surface area contributed by atoms with E-state index in [0.29, 0.717) is 0 Å². The van der Waals surface area contributed by atoms with Crippen molar-refractivity contribution in [3.05, 3.63) is 17.2 Å². The van der Waals surface area contributed by atoms with E-state index >= 15 is 0 Å². The van der Waals surface area contributed by atoms with E-state index in [2.05, 4.69) is 16.8 Å². The number of nitrogens with zero attached hydrogens (tertiary/aromatic N) is 2. The standard InChI is InChI=1S/C17H27N3/c1-2-12-4-3-5-14(10-12)20-16-8-9-18-11-15(16)19-17(20)13-6-7-13/h12-14,18H,2-11H2,1H3. The Kier molecular flexibility index (Phi) is 3.33. The van der Waals surface area contributed by atoms with Crippen molar-refractivity contribution >= 4 is 0 Å². The summed E-state index contributed by atoms with van der Waals surface area (Å²) in [4.78, 5) is 5.04. The van der Waals surface area contributed by atoms with Crippen LogP contribution in [0.3, 0.4) is 0 Å². The number of hydrogen-bond acceptors (Lipinski definition) is 2. The van der Waals surface area contributed by atoms with E-state index in [4.69, 9.17) is 4.98 Å². The van der Waals surface area contributed by atoms with Crippen LogP contribution >= 0.6 is 0 Å². The highest BCUT2D eigenvalue weighted by Crippen LogP contribution is 2.44. The molecule has 0 spiro atoms. The van der Waals surface area contributed by atoms with Crippen molar-refractivity contribution in [1.82, 2.24) is 14.9 Å². The lowest BCUT2D eigenvalue weighted by molar-refractivity contribution is 0.253. The maximum atomic E-state index is 5.04. The quantitative estimate of drug-likeness (QED) is 0.912. The smallest absolute Gasteiger partial charge is 0.112 e. The molecule has 3 heteroatoms. The van der Waals surface area contributed by atoms with Gasteiger partial charge in [-0.05, 0) is 31.6 Å². The lowest BCUT2D eigenvalue weighted by atomic mass is 9.84. The Morgan fingerprint density at radius 1 is 1.25 bits per heavy atom. The van der Waals surface area contributed by atoms with E-state index in [0.717, 1.165) is 31.0 Å². The van der Waals surface area contributed by atoms with Crippen LogP contribution in [0.15, 0.2) is 0 Å². The molecule has 20 heavy (non-hydrogen) atoms. The number of aromatic nitrogens is 2. The Morgan fingerprint density at radius 2 is 2.15 bits per heavy atom. The second-order valence-electron chi connectivity index (χ2n) is 7.03. The molecule has 3 aliphatic rings. The lowest BCUT2D eigenvalue weighted by Crippen LogP contribution is -2.27. The molecule has 2 fully saturated rings. The van der Waals surface area contributed by atoms with Crippen LogP contribution in [-0.4, -0.2) is 16.1 Å². The molecule has 4 rings (SSSR count). The zero-order valence-electron chi connectivity index (χ0n) is 12.7. The third-order valence-corrected chi connectivity index (χ3v) is 5.59. The van der Waals surface area contributed by atoms with Crippen LogP contribution in [0.5, 0.6) is 0 Å². The highest BCUT2D eigenvalue weighted by atomic mass is 15.2. The zero-order valence-corrected chi connectivity index (χ0v) is 12.7. The normalized spacial score (nSPS) is 30.2. The summed E-state index contributed by atoms with van der Waals surface area (Å²) in [6.45, 7) is 4.49. The van der Waals surface area contributed by atoms with Crippen molar-refractivity contribution in [2.75, 3.05) is 6.54 Å². The van der Waals surface area contributed by atoms with E-state index in [1.807, 2.05) is 0 Å². The molecule has 0 radical (unpaired) electrons. The second kappa shape index (κ2) is 5.18. The van der Waals surface area contributed by atoms with E-state index in [-0.39, 0.29) is 0 Å². The molecule has 1 N–H and O–H groups in total. The van der Waals surface area contributed by atoms with Gasteiger partial charge in [0.25, 0.3) is 0 Å². The molecule has 2 atom stereocenters. The molecular weight excluding hydrogens is 246 g/mol. The van der Waals surface area contributed by atoms with E-state index in [1.54, 1.807) is 5.69 Å². The van der Waals surface area contributed by atoms with Gasteiger partial charge in [0.15, 0.2) is 0 Å². The molecule has 2 aliphatic carbocycles. The van der Waals surface area contributed by atoms with Crippen molar-refractivity contribution in [1.29, 1.82) is 0 Å². The topological polar surface area (TPSA) is 29.9 Å². The predicted octanol–water partition coefficient (Wildman–Crippen LogP) is 3.55. The monoisotopic (exact) mass is 273 g/mol. The van der Waals surface area contributed by atoms with Crippen molar-refractivity contribution in [3.8, 4) is 0 Å². The number of fused-ring (bicyclic) bond motifs is 1. The summed E-state index contributed by atoms with van der Waals surface area (Å²) in [5, 5.41) is 3.49. The summed E-state index contributed by atoms with van der Waals surface area (Å²) < 4.78 is 2.72. The zero-order chi connectivity index (χ0) is 13.5. The van der Waals surface area contributed by atoms with E-state index < -0.39 is 0 Å². The SMILES string of the molecule is CCC1CCCC(n2c(C3CC3)nc3c2CCNC3)C1. The molecule has 2 heterocycles. The first-order valence-corrected chi connectivity index (χ1v) is 8.67. The highest BCUT2D eigenvalue weighted by Gasteiger charge is 2.35. The minimum atomic E-state index is 0.749. The predicted molar refractivity (Wildman–Crippen MR) is 80.9 cm³/mol. The fourth-order valence-electron chi connectivity index (χ4n) is 4.26. The molecule has 0 saturated heterocycles. The van der Waals surface area contributed by atoms with E-state index in [1.165, 1.54) is 62.9 Å². The van der Waals surface area contributed by atoms with Crippen molar-refractivity contribution in [2.24, 2.45) is 5.92 Å². The lowest BCUT2D eigenvalue weighted by Gasteiger charge is -2.32. The van der Waals surface area contributed by atoms with Gasteiger partial charge in [0.2, 0.25) is 0 Å². The average Bonchev–Trinajstić information content (AvgIpc) is 3.27. The van der Waals surface area contributed by atoms with Gasteiger partial charge >= 0.3 is 0 Å². The van der Waals surface area contributed by atoms with Crippen LogP contribution in [0.2, 0.25) is 0 Å². The molecule has 2 unspecified atom stereocenters. The Morgan fingerprint density at radius 3 is 2.95 bits per heavy atom. The number of rotatable bonds is 3. The molecule has 3 nitrogen and oxygen atoms in total. The van der Waals surface area contributed by atoms with Gasteiger partial charge < -0.3 is 9.88 Å². The first-order valence-electron chi connectivity index (χ1n) is 8.67. The Bertz CT molecular complexity index is 487. The number of hydrogen-bond donors (Lipinski definition) is 1. The molecule has 0 amide bonds. The van der Waals surface area contributed by atoms with Crippen LogP contribution in [-0.2, 0) is 13.0 Å². The maximum Gasteiger partial charge on any atom is 0.112 e. The third-order valence-electron chi connectivity index (χ3n) is 5.59. The summed E-state index contributed by atoms with van der Waals surface area (Å²) in [6, 6.07) is 0.749. The van der Waals surface area contributed by atoms with Gasteiger partial charge in [0, 0.05) is 37.2 Å². The average molecular weight is 273 g/mol. The Balaban J connectivity index is 1.69. The van der Waals surface area contributed by atoms with Crippen molar-refractivity contribution in [3.63, 3.8) is 0 Å².